The number of carbonyl (C=O) groups is 2. The van der Waals surface area contributed by atoms with E-state index in [1.54, 1.807) is 21.3 Å². The molecule has 1 saturated carbocycles. The summed E-state index contributed by atoms with van der Waals surface area (Å²) in [6, 6.07) is 0.337. The average Bonchev–Trinajstić information content (AvgIpc) is 3.73. The molecule has 6 rings (SSSR count). The van der Waals surface area contributed by atoms with E-state index in [1.807, 2.05) is 6.92 Å². The van der Waals surface area contributed by atoms with Gasteiger partial charge in [0.2, 0.25) is 0 Å². The molecule has 0 aromatic heterocycles. The van der Waals surface area contributed by atoms with Crippen LogP contribution in [-0.4, -0.2) is 120 Å². The third kappa shape index (κ3) is 8.59. The number of Topliss-reactive ketones (excluding diaryl/α,β-unsaturated/α-hetero) is 1. The van der Waals surface area contributed by atoms with Gasteiger partial charge in [0.1, 0.15) is 24.4 Å². The first kappa shape index (κ1) is 41.9. The van der Waals surface area contributed by atoms with Gasteiger partial charge in [-0.05, 0) is 115 Å². The van der Waals surface area contributed by atoms with Crippen LogP contribution < -0.4 is 0 Å². The van der Waals surface area contributed by atoms with Crippen LogP contribution in [0.15, 0.2) is 23.3 Å². The van der Waals surface area contributed by atoms with Crippen molar-refractivity contribution in [3.63, 3.8) is 0 Å². The Morgan fingerprint density at radius 2 is 1.56 bits per heavy atom. The van der Waals surface area contributed by atoms with Gasteiger partial charge in [-0.2, -0.15) is 0 Å². The second kappa shape index (κ2) is 18.3. The Morgan fingerprint density at radius 3 is 2.20 bits per heavy atom. The molecule has 3 heterocycles. The summed E-state index contributed by atoms with van der Waals surface area (Å²) < 4.78 is 50.2. The molecule has 0 aromatic carbocycles. The van der Waals surface area contributed by atoms with Gasteiger partial charge in [0.15, 0.2) is 18.4 Å². The summed E-state index contributed by atoms with van der Waals surface area (Å²) in [5.74, 6) is 0.00945. The molecular weight excluding hydrogens is 690 g/mol. The van der Waals surface area contributed by atoms with Crippen molar-refractivity contribution in [2.75, 3.05) is 35.4 Å². The van der Waals surface area contributed by atoms with Crippen LogP contribution in [0.4, 0.5) is 0 Å². The minimum atomic E-state index is -0.594. The largest absolute Gasteiger partial charge is 0.462 e. The summed E-state index contributed by atoms with van der Waals surface area (Å²) in [4.78, 5) is 30.6. The van der Waals surface area contributed by atoms with Crippen LogP contribution in [0.1, 0.15) is 98.8 Å². The molecule has 14 unspecified atom stereocenters. The number of likely N-dealkylation sites (N-methyl/N-ethyl adjacent to an activating group) is 1. The third-order valence-corrected chi connectivity index (χ3v) is 13.9. The molecule has 4 fully saturated rings. The highest BCUT2D eigenvalue weighted by molar-refractivity contribution is 5.99. The molecule has 54 heavy (non-hydrogen) atoms. The molecule has 17 atom stereocenters. The SMILES string of the molecule is CCC1CCCC(OC2CC[C@@H](N(C)C)[C@@H](C)O2)C(C)C(=O)C2=CC3C(C=C(C)C4CC(OC5O[C@@H](CC)C(OC)C(OC)C5OC)CC43)C2CC(=O)O1. The molecule has 0 bridgehead atoms. The van der Waals surface area contributed by atoms with Crippen molar-refractivity contribution < 1.29 is 47.5 Å². The summed E-state index contributed by atoms with van der Waals surface area (Å²) in [6.07, 6.45) is 9.42. The standard InChI is InChI=1S/C43H69NO10/c1-11-26-14-13-15-36(53-38-17-16-34(44(6)7)25(5)50-38)24(4)39(46)33-21-31-29(32(33)22-37(45)51-26)18-23(3)28-19-27(20-30(28)31)52-43-42(49-10)41(48-9)40(47-8)35(12-2)54-43/h18,21,24-32,34-36,38,40-43H,11-17,19-20,22H2,1-10H3/t24?,25-,26?,27?,28?,29?,30?,31?,32?,34-,35+,36?,38?,40?,41?,42?,43?/m1/s1. The van der Waals surface area contributed by atoms with Crippen LogP contribution in [0.25, 0.3) is 0 Å². The zero-order valence-electron chi connectivity index (χ0n) is 34.6. The number of esters is 1. The van der Waals surface area contributed by atoms with Crippen molar-refractivity contribution in [3.05, 3.63) is 23.3 Å². The molecule has 0 radical (unpaired) electrons. The number of nitrogens with zero attached hydrogens (tertiary/aromatic N) is 1. The fourth-order valence-electron chi connectivity index (χ4n) is 11.0. The smallest absolute Gasteiger partial charge is 0.306 e. The number of ketones is 1. The second-order valence-corrected chi connectivity index (χ2v) is 17.2. The van der Waals surface area contributed by atoms with E-state index in [0.29, 0.717) is 18.4 Å². The second-order valence-electron chi connectivity index (χ2n) is 17.2. The first-order chi connectivity index (χ1) is 25.9. The van der Waals surface area contributed by atoms with Gasteiger partial charge in [0.05, 0.1) is 30.8 Å². The molecule has 0 amide bonds. The minimum absolute atomic E-state index is 0.0361. The minimum Gasteiger partial charge on any atom is -0.462 e. The maximum atomic E-state index is 14.8. The highest BCUT2D eigenvalue weighted by Crippen LogP contribution is 2.56. The Balaban J connectivity index is 1.23. The van der Waals surface area contributed by atoms with Gasteiger partial charge in [-0.25, -0.2) is 0 Å². The fourth-order valence-corrected chi connectivity index (χ4v) is 11.0. The van der Waals surface area contributed by atoms with E-state index in [1.165, 1.54) is 5.57 Å². The number of cyclic esters (lactones) is 1. The molecule has 3 aliphatic heterocycles. The lowest BCUT2D eigenvalue weighted by Gasteiger charge is -2.45. The van der Waals surface area contributed by atoms with E-state index in [2.05, 4.69) is 58.8 Å². The van der Waals surface area contributed by atoms with E-state index < -0.39 is 12.4 Å². The molecule has 3 aliphatic carbocycles. The van der Waals surface area contributed by atoms with Gasteiger partial charge in [0.25, 0.3) is 0 Å². The molecule has 306 valence electrons. The van der Waals surface area contributed by atoms with Crippen LogP contribution in [0.3, 0.4) is 0 Å². The Labute approximate surface area is 324 Å². The monoisotopic (exact) mass is 759 g/mol. The molecular formula is C43H69NO10. The molecule has 0 N–H and O–H groups in total. The van der Waals surface area contributed by atoms with Crippen LogP contribution in [0.5, 0.6) is 0 Å². The molecule has 3 saturated heterocycles. The first-order valence-electron chi connectivity index (χ1n) is 20.9. The van der Waals surface area contributed by atoms with Crippen molar-refractivity contribution in [3.8, 4) is 0 Å². The van der Waals surface area contributed by atoms with E-state index >= 15 is 0 Å². The van der Waals surface area contributed by atoms with Gasteiger partial charge in [-0.15, -0.1) is 0 Å². The van der Waals surface area contributed by atoms with Gasteiger partial charge in [-0.3, -0.25) is 9.59 Å². The van der Waals surface area contributed by atoms with Gasteiger partial charge >= 0.3 is 5.97 Å². The zero-order chi connectivity index (χ0) is 38.8. The highest BCUT2D eigenvalue weighted by atomic mass is 16.7. The summed E-state index contributed by atoms with van der Waals surface area (Å²) in [7, 11) is 9.21. The number of rotatable bonds is 10. The number of methoxy groups -OCH3 is 3. The number of fused-ring (bicyclic) bond motifs is 5. The molecule has 11 heteroatoms. The van der Waals surface area contributed by atoms with Gasteiger partial charge in [-0.1, -0.05) is 38.5 Å². The van der Waals surface area contributed by atoms with E-state index in [-0.39, 0.29) is 96.8 Å². The van der Waals surface area contributed by atoms with Crippen LogP contribution in [-0.2, 0) is 47.5 Å². The number of hydrogen-bond acceptors (Lipinski definition) is 11. The van der Waals surface area contributed by atoms with E-state index in [4.69, 9.17) is 37.9 Å². The van der Waals surface area contributed by atoms with Crippen molar-refractivity contribution in [1.29, 1.82) is 0 Å². The summed E-state index contributed by atoms with van der Waals surface area (Å²) >= 11 is 0. The number of hydrogen-bond donors (Lipinski definition) is 0. The van der Waals surface area contributed by atoms with Crippen LogP contribution in [0.2, 0.25) is 0 Å². The van der Waals surface area contributed by atoms with Crippen molar-refractivity contribution in [2.45, 2.75) is 166 Å². The van der Waals surface area contributed by atoms with Gasteiger partial charge < -0.3 is 42.8 Å². The highest BCUT2D eigenvalue weighted by Gasteiger charge is 2.54. The zero-order valence-corrected chi connectivity index (χ0v) is 34.6. The predicted octanol–water partition coefficient (Wildman–Crippen LogP) is 6.27. The summed E-state index contributed by atoms with van der Waals surface area (Å²) in [6.45, 7) is 10.5. The Morgan fingerprint density at radius 1 is 0.815 bits per heavy atom. The normalized spacial score (nSPS) is 44.7. The molecule has 11 nitrogen and oxygen atoms in total. The lowest BCUT2D eigenvalue weighted by atomic mass is 9.67. The molecule has 0 spiro atoms. The molecule has 6 aliphatic rings. The van der Waals surface area contributed by atoms with Gasteiger partial charge in [0, 0.05) is 39.2 Å². The summed E-state index contributed by atoms with van der Waals surface area (Å²) in [5.41, 5.74) is 2.08. The lowest BCUT2D eigenvalue weighted by Crippen LogP contribution is -2.60. The predicted molar refractivity (Wildman–Crippen MR) is 203 cm³/mol. The number of ether oxygens (including phenoxy) is 8. The Bertz CT molecular complexity index is 1350. The van der Waals surface area contributed by atoms with Crippen molar-refractivity contribution >= 4 is 11.8 Å². The van der Waals surface area contributed by atoms with Crippen LogP contribution >= 0.6 is 0 Å². The third-order valence-electron chi connectivity index (χ3n) is 13.9. The van der Waals surface area contributed by atoms with E-state index in [9.17, 15) is 9.59 Å². The lowest BCUT2D eigenvalue weighted by molar-refractivity contribution is -0.317. The van der Waals surface area contributed by atoms with Crippen LogP contribution in [0, 0.1) is 35.5 Å². The maximum absolute atomic E-state index is 14.8. The Kier molecular flexibility index (Phi) is 14.2. The van der Waals surface area contributed by atoms with Crippen molar-refractivity contribution in [2.24, 2.45) is 35.5 Å². The van der Waals surface area contributed by atoms with E-state index in [0.717, 1.165) is 56.9 Å². The number of allylic oxidation sites excluding steroid dienone is 4. The molecule has 0 aromatic rings. The quantitative estimate of drug-likeness (QED) is 0.186. The Hall–Kier alpha value is -1.70. The first-order valence-corrected chi connectivity index (χ1v) is 20.9. The number of carbonyl (C=O) groups excluding carboxylic acids is 2. The van der Waals surface area contributed by atoms with Crippen molar-refractivity contribution in [1.82, 2.24) is 4.90 Å². The average molecular weight is 760 g/mol. The fraction of sp³-hybridized carbons (Fsp3) is 0.860. The summed E-state index contributed by atoms with van der Waals surface area (Å²) in [5, 5.41) is 0. The topological polar surface area (TPSA) is 111 Å². The maximum Gasteiger partial charge on any atom is 0.306 e.